The Balaban J connectivity index is 0. The Morgan fingerprint density at radius 3 is 1.95 bits per heavy atom. The molecule has 0 aromatic heterocycles. The average Bonchev–Trinajstić information content (AvgIpc) is 2.36. The summed E-state index contributed by atoms with van der Waals surface area (Å²) < 4.78 is 0. The molecule has 3 N–H and O–H groups in total. The minimum absolute atomic E-state index is 0. The summed E-state index contributed by atoms with van der Waals surface area (Å²) in [5.74, 6) is -2.96. The van der Waals surface area contributed by atoms with Gasteiger partial charge in [-0.1, -0.05) is 45.4 Å². The van der Waals surface area contributed by atoms with Crippen molar-refractivity contribution in [2.24, 2.45) is 0 Å². The molecule has 0 aliphatic heterocycles. The molecular formula is C14H26NNaO5. The topological polar surface area (TPSA) is 104 Å². The predicted molar refractivity (Wildman–Crippen MR) is 81.6 cm³/mol. The van der Waals surface area contributed by atoms with Crippen LogP contribution in [0.15, 0.2) is 0 Å². The summed E-state index contributed by atoms with van der Waals surface area (Å²) in [7, 11) is 0. The first-order chi connectivity index (χ1) is 9.47. The van der Waals surface area contributed by atoms with Gasteiger partial charge in [0.05, 0.1) is 6.42 Å². The first-order valence-electron chi connectivity index (χ1n) is 7.21. The molecule has 7 heteroatoms. The molecule has 0 aliphatic carbocycles. The van der Waals surface area contributed by atoms with Gasteiger partial charge >= 0.3 is 41.5 Å². The Hall–Kier alpha value is -0.590. The predicted octanol–water partition coefficient (Wildman–Crippen LogP) is 1.52. The first kappa shape index (κ1) is 22.7. The van der Waals surface area contributed by atoms with Crippen LogP contribution in [0.25, 0.3) is 0 Å². The summed E-state index contributed by atoms with van der Waals surface area (Å²) in [5, 5.41) is 19.6. The van der Waals surface area contributed by atoms with Crippen molar-refractivity contribution >= 4 is 47.4 Å². The maximum atomic E-state index is 11.5. The van der Waals surface area contributed by atoms with Gasteiger partial charge in [0.25, 0.3) is 0 Å². The molecule has 0 spiro atoms. The molecule has 21 heavy (non-hydrogen) atoms. The van der Waals surface area contributed by atoms with Gasteiger partial charge in [-0.2, -0.15) is 0 Å². The second-order valence-corrected chi connectivity index (χ2v) is 4.93. The van der Waals surface area contributed by atoms with Crippen LogP contribution in [0.3, 0.4) is 0 Å². The molecule has 0 unspecified atom stereocenters. The van der Waals surface area contributed by atoms with Gasteiger partial charge in [0.1, 0.15) is 6.04 Å². The zero-order valence-corrected chi connectivity index (χ0v) is 12.1. The van der Waals surface area contributed by atoms with Gasteiger partial charge in [-0.3, -0.25) is 9.59 Å². The van der Waals surface area contributed by atoms with Crippen LogP contribution in [0.2, 0.25) is 0 Å². The van der Waals surface area contributed by atoms with Gasteiger partial charge in [0, 0.05) is 6.42 Å². The van der Waals surface area contributed by atoms with Gasteiger partial charge < -0.3 is 15.5 Å². The molecule has 0 heterocycles. The molecule has 0 aromatic carbocycles. The average molecular weight is 311 g/mol. The van der Waals surface area contributed by atoms with Crippen LogP contribution in [-0.2, 0) is 14.4 Å². The standard InChI is InChI=1S/C14H25NO5.Na.H/c1-2-3-4-5-6-7-8-9-12(16)15-11(14(19)20)10-13(17)18;;/h11H,2-10H2,1H3,(H,15,16)(H,17,18)(H,19,20);;/t11-;;/m0../s1. The van der Waals surface area contributed by atoms with Crippen LogP contribution in [0.4, 0.5) is 0 Å². The SMILES string of the molecule is CCCCCCCCCC(=O)N[C@@H](CC(=O)O)C(=O)O.[NaH]. The van der Waals surface area contributed by atoms with E-state index in [1.54, 1.807) is 0 Å². The van der Waals surface area contributed by atoms with Crippen molar-refractivity contribution in [3.8, 4) is 0 Å². The number of carbonyl (C=O) groups is 3. The Labute approximate surface area is 148 Å². The summed E-state index contributed by atoms with van der Waals surface area (Å²) in [6.45, 7) is 2.15. The minimum atomic E-state index is -1.34. The molecule has 0 fully saturated rings. The van der Waals surface area contributed by atoms with Crippen LogP contribution in [0.5, 0.6) is 0 Å². The van der Waals surface area contributed by atoms with Crippen molar-refractivity contribution in [3.05, 3.63) is 0 Å². The van der Waals surface area contributed by atoms with E-state index in [0.29, 0.717) is 6.42 Å². The van der Waals surface area contributed by atoms with E-state index in [4.69, 9.17) is 10.2 Å². The zero-order valence-electron chi connectivity index (χ0n) is 12.1. The molecule has 0 radical (unpaired) electrons. The Kier molecular flexibility index (Phi) is 15.5. The number of carboxylic acid groups (broad SMARTS) is 2. The third kappa shape index (κ3) is 14.1. The molecule has 0 aromatic rings. The van der Waals surface area contributed by atoms with Crippen molar-refractivity contribution in [3.63, 3.8) is 0 Å². The number of carboxylic acids is 2. The number of rotatable bonds is 12. The molecule has 0 saturated carbocycles. The van der Waals surface area contributed by atoms with Crippen molar-refractivity contribution in [2.75, 3.05) is 0 Å². The van der Waals surface area contributed by atoms with Gasteiger partial charge in [-0.25, -0.2) is 4.79 Å². The van der Waals surface area contributed by atoms with Gasteiger partial charge in [0.2, 0.25) is 5.91 Å². The molecular weight excluding hydrogens is 285 g/mol. The van der Waals surface area contributed by atoms with E-state index in [9.17, 15) is 14.4 Å². The van der Waals surface area contributed by atoms with E-state index in [-0.39, 0.29) is 36.0 Å². The molecule has 0 rings (SSSR count). The number of aliphatic carboxylic acids is 2. The second-order valence-electron chi connectivity index (χ2n) is 4.93. The molecule has 0 saturated heterocycles. The Morgan fingerprint density at radius 2 is 1.48 bits per heavy atom. The van der Waals surface area contributed by atoms with E-state index >= 15 is 0 Å². The van der Waals surface area contributed by atoms with Crippen LogP contribution >= 0.6 is 0 Å². The number of hydrogen-bond acceptors (Lipinski definition) is 3. The normalized spacial score (nSPS) is 11.3. The zero-order chi connectivity index (χ0) is 15.4. The third-order valence-corrected chi connectivity index (χ3v) is 3.02. The van der Waals surface area contributed by atoms with Crippen LogP contribution < -0.4 is 5.32 Å². The summed E-state index contributed by atoms with van der Waals surface area (Å²) in [6.07, 6.45) is 7.17. The summed E-state index contributed by atoms with van der Waals surface area (Å²) in [5.41, 5.74) is 0. The first-order valence-corrected chi connectivity index (χ1v) is 7.21. The van der Waals surface area contributed by atoms with Gasteiger partial charge in [-0.15, -0.1) is 0 Å². The summed E-state index contributed by atoms with van der Waals surface area (Å²) in [6, 6.07) is -1.34. The van der Waals surface area contributed by atoms with E-state index in [1.165, 1.54) is 19.3 Å². The molecule has 0 bridgehead atoms. The van der Waals surface area contributed by atoms with Crippen LogP contribution in [-0.4, -0.2) is 63.7 Å². The fourth-order valence-electron chi connectivity index (χ4n) is 1.88. The number of nitrogens with one attached hydrogen (secondary N) is 1. The van der Waals surface area contributed by atoms with Crippen molar-refractivity contribution in [1.82, 2.24) is 5.32 Å². The fourth-order valence-corrected chi connectivity index (χ4v) is 1.88. The van der Waals surface area contributed by atoms with E-state index in [1.807, 2.05) is 0 Å². The van der Waals surface area contributed by atoms with Crippen LogP contribution in [0.1, 0.15) is 64.7 Å². The quantitative estimate of drug-likeness (QED) is 0.374. The molecule has 1 amide bonds. The fraction of sp³-hybridized carbons (Fsp3) is 0.786. The monoisotopic (exact) mass is 311 g/mol. The summed E-state index contributed by atoms with van der Waals surface area (Å²) >= 11 is 0. The summed E-state index contributed by atoms with van der Waals surface area (Å²) in [4.78, 5) is 32.7. The van der Waals surface area contributed by atoms with Crippen molar-refractivity contribution in [2.45, 2.75) is 70.8 Å². The van der Waals surface area contributed by atoms with Crippen LogP contribution in [0, 0.1) is 0 Å². The van der Waals surface area contributed by atoms with E-state index in [2.05, 4.69) is 12.2 Å². The molecule has 6 nitrogen and oxygen atoms in total. The molecule has 118 valence electrons. The van der Waals surface area contributed by atoms with Crippen molar-refractivity contribution in [1.29, 1.82) is 0 Å². The second kappa shape index (κ2) is 14.4. The molecule has 0 aliphatic rings. The number of unbranched alkanes of at least 4 members (excludes halogenated alkanes) is 6. The van der Waals surface area contributed by atoms with Crippen molar-refractivity contribution < 1.29 is 24.6 Å². The maximum absolute atomic E-state index is 11.5. The third-order valence-electron chi connectivity index (χ3n) is 3.02. The number of carbonyl (C=O) groups excluding carboxylic acids is 1. The van der Waals surface area contributed by atoms with E-state index in [0.717, 1.165) is 19.3 Å². The Bertz CT molecular complexity index is 322. The van der Waals surface area contributed by atoms with Gasteiger partial charge in [-0.05, 0) is 6.42 Å². The Morgan fingerprint density at radius 1 is 0.952 bits per heavy atom. The number of hydrogen-bond donors (Lipinski definition) is 3. The van der Waals surface area contributed by atoms with E-state index < -0.39 is 30.3 Å². The van der Waals surface area contributed by atoms with Gasteiger partial charge in [0.15, 0.2) is 0 Å². The number of amides is 1. The molecule has 1 atom stereocenters.